The molecule has 0 spiro atoms. The van der Waals surface area contributed by atoms with Crippen molar-refractivity contribution >= 4 is 5.69 Å². The predicted octanol–water partition coefficient (Wildman–Crippen LogP) is 3.58. The predicted molar refractivity (Wildman–Crippen MR) is 73.2 cm³/mol. The van der Waals surface area contributed by atoms with E-state index in [4.69, 9.17) is 5.26 Å². The van der Waals surface area contributed by atoms with Crippen molar-refractivity contribution in [3.05, 3.63) is 24.0 Å². The van der Waals surface area contributed by atoms with Crippen LogP contribution in [0.2, 0.25) is 0 Å². The molecule has 1 aliphatic carbocycles. The summed E-state index contributed by atoms with van der Waals surface area (Å²) in [7, 11) is 0. The van der Waals surface area contributed by atoms with Crippen LogP contribution in [0.3, 0.4) is 0 Å². The summed E-state index contributed by atoms with van der Waals surface area (Å²) in [5.74, 6) is 1.82. The van der Waals surface area contributed by atoms with Crippen molar-refractivity contribution in [2.75, 3.05) is 11.9 Å². The van der Waals surface area contributed by atoms with Crippen LogP contribution in [0.1, 0.15) is 44.7 Å². The Balaban J connectivity index is 1.70. The van der Waals surface area contributed by atoms with Gasteiger partial charge in [-0.3, -0.25) is 0 Å². The monoisotopic (exact) mass is 243 g/mol. The highest BCUT2D eigenvalue weighted by Crippen LogP contribution is 2.30. The fourth-order valence-electron chi connectivity index (χ4n) is 2.60. The Bertz CT molecular complexity index is 397. The second-order valence-corrected chi connectivity index (χ2v) is 5.39. The van der Waals surface area contributed by atoms with Crippen LogP contribution in [0.15, 0.2) is 18.3 Å². The highest BCUT2D eigenvalue weighted by Gasteiger charge is 2.17. The Kier molecular flexibility index (Phi) is 4.58. The van der Waals surface area contributed by atoms with Crippen LogP contribution in [0, 0.1) is 23.2 Å². The lowest BCUT2D eigenvalue weighted by molar-refractivity contribution is 0.282. The molecule has 3 nitrogen and oxygen atoms in total. The molecule has 0 bridgehead atoms. The van der Waals surface area contributed by atoms with E-state index in [1.807, 2.05) is 12.1 Å². The first-order valence-electron chi connectivity index (χ1n) is 6.88. The maximum Gasteiger partial charge on any atom is 0.140 e. The molecule has 0 amide bonds. The molecule has 1 heterocycles. The molecule has 0 unspecified atom stereocenters. The largest absolute Gasteiger partial charge is 0.384 e. The van der Waals surface area contributed by atoms with E-state index in [2.05, 4.69) is 17.2 Å². The number of hydrogen-bond acceptors (Lipinski definition) is 3. The van der Waals surface area contributed by atoms with Crippen LogP contribution >= 0.6 is 0 Å². The molecule has 0 aromatic carbocycles. The Hall–Kier alpha value is -1.56. The van der Waals surface area contributed by atoms with Crippen LogP contribution in [-0.4, -0.2) is 11.5 Å². The second-order valence-electron chi connectivity index (χ2n) is 5.39. The summed E-state index contributed by atoms with van der Waals surface area (Å²) < 4.78 is 0. The summed E-state index contributed by atoms with van der Waals surface area (Å²) >= 11 is 0. The van der Waals surface area contributed by atoms with Gasteiger partial charge in [0.15, 0.2) is 0 Å². The first kappa shape index (κ1) is 12.9. The van der Waals surface area contributed by atoms with Gasteiger partial charge in [-0.15, -0.1) is 0 Å². The normalized spacial score (nSPS) is 23.3. The van der Waals surface area contributed by atoms with E-state index in [9.17, 15) is 0 Å². The standard InChI is InChI=1S/C15H21N3/c1-12-2-4-13(5-3-12)8-9-17-15-7-6-14(10-16)18-11-15/h6-7,11-13,17H,2-5,8-9H2,1H3. The van der Waals surface area contributed by atoms with E-state index in [-0.39, 0.29) is 0 Å². The van der Waals surface area contributed by atoms with Crippen LogP contribution in [-0.2, 0) is 0 Å². The number of aromatic nitrogens is 1. The molecule has 0 radical (unpaired) electrons. The van der Waals surface area contributed by atoms with Gasteiger partial charge in [0.1, 0.15) is 11.8 Å². The molecule has 0 atom stereocenters. The molecule has 1 saturated carbocycles. The van der Waals surface area contributed by atoms with Crippen LogP contribution < -0.4 is 5.32 Å². The summed E-state index contributed by atoms with van der Waals surface area (Å²) in [6.45, 7) is 3.36. The van der Waals surface area contributed by atoms with E-state index >= 15 is 0 Å². The van der Waals surface area contributed by atoms with Crippen LogP contribution in [0.5, 0.6) is 0 Å². The number of hydrogen-bond donors (Lipinski definition) is 1. The highest BCUT2D eigenvalue weighted by molar-refractivity contribution is 5.42. The molecule has 1 N–H and O–H groups in total. The number of nitriles is 1. The van der Waals surface area contributed by atoms with E-state index < -0.39 is 0 Å². The van der Waals surface area contributed by atoms with Gasteiger partial charge in [-0.05, 0) is 30.4 Å². The number of nitrogens with zero attached hydrogens (tertiary/aromatic N) is 2. The number of anilines is 1. The minimum absolute atomic E-state index is 0.474. The Morgan fingerprint density at radius 2 is 2.11 bits per heavy atom. The molecular weight excluding hydrogens is 222 g/mol. The van der Waals surface area contributed by atoms with Crippen molar-refractivity contribution in [3.63, 3.8) is 0 Å². The average molecular weight is 243 g/mol. The maximum atomic E-state index is 8.66. The summed E-state index contributed by atoms with van der Waals surface area (Å²) in [6, 6.07) is 5.71. The van der Waals surface area contributed by atoms with Gasteiger partial charge in [0, 0.05) is 6.54 Å². The third-order valence-corrected chi connectivity index (χ3v) is 3.90. The molecule has 1 aliphatic rings. The zero-order valence-electron chi connectivity index (χ0n) is 11.0. The van der Waals surface area contributed by atoms with E-state index in [0.717, 1.165) is 24.1 Å². The zero-order chi connectivity index (χ0) is 12.8. The molecule has 2 rings (SSSR count). The van der Waals surface area contributed by atoms with E-state index in [1.54, 1.807) is 12.3 Å². The van der Waals surface area contributed by atoms with Gasteiger partial charge < -0.3 is 5.32 Å². The summed E-state index contributed by atoms with van der Waals surface area (Å²) in [6.07, 6.45) is 8.53. The fourth-order valence-corrected chi connectivity index (χ4v) is 2.60. The first-order chi connectivity index (χ1) is 8.78. The van der Waals surface area contributed by atoms with Gasteiger partial charge in [-0.2, -0.15) is 5.26 Å². The highest BCUT2D eigenvalue weighted by atomic mass is 14.9. The smallest absolute Gasteiger partial charge is 0.140 e. The molecule has 1 aromatic heterocycles. The van der Waals surface area contributed by atoms with Crippen molar-refractivity contribution in [3.8, 4) is 6.07 Å². The molecule has 0 saturated heterocycles. The number of pyridine rings is 1. The SMILES string of the molecule is CC1CCC(CCNc2ccc(C#N)nc2)CC1. The minimum atomic E-state index is 0.474. The van der Waals surface area contributed by atoms with Gasteiger partial charge in [0.05, 0.1) is 11.9 Å². The quantitative estimate of drug-likeness (QED) is 0.879. The van der Waals surface area contributed by atoms with Gasteiger partial charge in [-0.25, -0.2) is 4.98 Å². The van der Waals surface area contributed by atoms with Crippen molar-refractivity contribution in [1.29, 1.82) is 5.26 Å². The first-order valence-corrected chi connectivity index (χ1v) is 6.88. The van der Waals surface area contributed by atoms with E-state index in [0.29, 0.717) is 5.69 Å². The molecule has 0 aliphatic heterocycles. The number of nitrogens with one attached hydrogen (secondary N) is 1. The summed E-state index contributed by atoms with van der Waals surface area (Å²) in [4.78, 5) is 4.05. The molecule has 3 heteroatoms. The lowest BCUT2D eigenvalue weighted by Crippen LogP contribution is -2.15. The average Bonchev–Trinajstić information content (AvgIpc) is 2.42. The lowest BCUT2D eigenvalue weighted by Gasteiger charge is -2.26. The van der Waals surface area contributed by atoms with Crippen molar-refractivity contribution < 1.29 is 0 Å². The van der Waals surface area contributed by atoms with Gasteiger partial charge >= 0.3 is 0 Å². The zero-order valence-corrected chi connectivity index (χ0v) is 11.0. The molecule has 96 valence electrons. The van der Waals surface area contributed by atoms with Crippen LogP contribution in [0.25, 0.3) is 0 Å². The number of rotatable bonds is 4. The third-order valence-electron chi connectivity index (χ3n) is 3.90. The summed E-state index contributed by atoms with van der Waals surface area (Å²) in [5, 5.41) is 12.0. The fraction of sp³-hybridized carbons (Fsp3) is 0.600. The van der Waals surface area contributed by atoms with Gasteiger partial charge in [0.2, 0.25) is 0 Å². The Morgan fingerprint density at radius 1 is 1.33 bits per heavy atom. The summed E-state index contributed by atoms with van der Waals surface area (Å²) in [5.41, 5.74) is 1.49. The van der Waals surface area contributed by atoms with Crippen LogP contribution in [0.4, 0.5) is 5.69 Å². The van der Waals surface area contributed by atoms with Gasteiger partial charge in [-0.1, -0.05) is 32.6 Å². The van der Waals surface area contributed by atoms with E-state index in [1.165, 1.54) is 32.1 Å². The van der Waals surface area contributed by atoms with Crippen molar-refractivity contribution in [1.82, 2.24) is 4.98 Å². The maximum absolute atomic E-state index is 8.66. The van der Waals surface area contributed by atoms with Crippen molar-refractivity contribution in [2.45, 2.75) is 39.0 Å². The van der Waals surface area contributed by atoms with Crippen molar-refractivity contribution in [2.24, 2.45) is 11.8 Å². The third kappa shape index (κ3) is 3.73. The van der Waals surface area contributed by atoms with Gasteiger partial charge in [0.25, 0.3) is 0 Å². The Labute approximate surface area is 109 Å². The Morgan fingerprint density at radius 3 is 2.72 bits per heavy atom. The molecule has 1 aromatic rings. The lowest BCUT2D eigenvalue weighted by atomic mass is 9.81. The molecule has 1 fully saturated rings. The topological polar surface area (TPSA) is 48.7 Å². The molecular formula is C15H21N3. The second kappa shape index (κ2) is 6.39. The molecule has 18 heavy (non-hydrogen) atoms. The minimum Gasteiger partial charge on any atom is -0.384 e.